The van der Waals surface area contributed by atoms with Crippen LogP contribution in [-0.4, -0.2) is 37.7 Å². The van der Waals surface area contributed by atoms with Crippen LogP contribution in [0, 0.1) is 5.82 Å². The van der Waals surface area contributed by atoms with E-state index in [0.717, 1.165) is 12.3 Å². The molecule has 1 aliphatic rings. The van der Waals surface area contributed by atoms with Crippen molar-refractivity contribution in [3.8, 4) is 0 Å². The van der Waals surface area contributed by atoms with Crippen LogP contribution in [0.3, 0.4) is 0 Å². The smallest absolute Gasteiger partial charge is 0.327 e. The summed E-state index contributed by atoms with van der Waals surface area (Å²) in [6.07, 6.45) is 3.84. The Hall–Kier alpha value is -3.01. The molecule has 1 fully saturated rings. The highest BCUT2D eigenvalue weighted by Gasteiger charge is 2.21. The Morgan fingerprint density at radius 3 is 2.92 bits per heavy atom. The predicted octanol–water partition coefficient (Wildman–Crippen LogP) is 1.04. The Labute approximate surface area is 139 Å². The molecule has 0 aliphatic carbocycles. The fourth-order valence-electron chi connectivity index (χ4n) is 2.93. The van der Waals surface area contributed by atoms with Gasteiger partial charge in [-0.25, -0.2) is 14.2 Å². The molecule has 0 amide bonds. The number of hydrogen-bond donors (Lipinski definition) is 3. The van der Waals surface area contributed by atoms with Crippen molar-refractivity contribution in [2.75, 3.05) is 18.5 Å². The van der Waals surface area contributed by atoms with E-state index in [1.807, 2.05) is 0 Å². The highest BCUT2D eigenvalue weighted by atomic mass is 19.1. The summed E-state index contributed by atoms with van der Waals surface area (Å²) in [4.78, 5) is 37.4. The average molecular weight is 346 g/mol. The second-order valence-electron chi connectivity index (χ2n) is 5.76. The normalized spacial score (nSPS) is 15.6. The molecule has 3 aromatic rings. The molecule has 25 heavy (non-hydrogen) atoms. The van der Waals surface area contributed by atoms with Crippen molar-refractivity contribution < 1.29 is 9.13 Å². The quantitative estimate of drug-likeness (QED) is 0.652. The monoisotopic (exact) mass is 346 g/mol. The topological polar surface area (TPSA) is 118 Å². The van der Waals surface area contributed by atoms with E-state index in [4.69, 9.17) is 4.74 Å². The van der Waals surface area contributed by atoms with Gasteiger partial charge < -0.3 is 20.0 Å². The number of aromatic amines is 2. The van der Waals surface area contributed by atoms with E-state index in [-0.39, 0.29) is 23.4 Å². The van der Waals surface area contributed by atoms with Crippen molar-refractivity contribution >= 4 is 22.8 Å². The standard InChI is InChI=1S/C15H15FN6O3/c16-8-5-10(13(23)17-6-8)19-14-18-7-11-12(21-14)22(15(24)20-11)9-1-3-25-4-2-9/h5-7,9H,1-4H2,(H,17,23)(H,20,24)(H,18,19,21). The Bertz CT molecular complexity index is 1030. The molecule has 1 aliphatic heterocycles. The van der Waals surface area contributed by atoms with Crippen LogP contribution in [0.4, 0.5) is 16.0 Å². The van der Waals surface area contributed by atoms with Gasteiger partial charge in [0.15, 0.2) is 5.65 Å². The predicted molar refractivity (Wildman–Crippen MR) is 87.5 cm³/mol. The lowest BCUT2D eigenvalue weighted by atomic mass is 10.1. The lowest BCUT2D eigenvalue weighted by Crippen LogP contribution is -2.27. The average Bonchev–Trinajstić information content (AvgIpc) is 2.94. The highest BCUT2D eigenvalue weighted by Crippen LogP contribution is 2.23. The van der Waals surface area contributed by atoms with Crippen LogP contribution in [0.2, 0.25) is 0 Å². The maximum Gasteiger partial charge on any atom is 0.327 e. The number of rotatable bonds is 3. The molecule has 0 aromatic carbocycles. The number of H-pyrrole nitrogens is 2. The molecule has 10 heteroatoms. The van der Waals surface area contributed by atoms with Gasteiger partial charge in [-0.2, -0.15) is 4.98 Å². The number of ether oxygens (including phenoxy) is 1. The molecule has 0 spiro atoms. The molecule has 3 aromatic heterocycles. The molecule has 0 atom stereocenters. The van der Waals surface area contributed by atoms with E-state index in [1.165, 1.54) is 6.20 Å². The largest absolute Gasteiger partial charge is 0.381 e. The third-order valence-electron chi connectivity index (χ3n) is 4.13. The second-order valence-corrected chi connectivity index (χ2v) is 5.76. The van der Waals surface area contributed by atoms with Gasteiger partial charge in [-0.1, -0.05) is 0 Å². The number of imidazole rings is 1. The molecule has 0 unspecified atom stereocenters. The first-order chi connectivity index (χ1) is 12.1. The zero-order chi connectivity index (χ0) is 17.4. The zero-order valence-corrected chi connectivity index (χ0v) is 13.1. The van der Waals surface area contributed by atoms with Gasteiger partial charge >= 0.3 is 5.69 Å². The Balaban J connectivity index is 1.75. The SMILES string of the molecule is O=c1[nH]cc(F)cc1Nc1ncc2[nH]c(=O)n(C3CCOCC3)c2n1. The first-order valence-corrected chi connectivity index (χ1v) is 7.82. The van der Waals surface area contributed by atoms with E-state index in [0.29, 0.717) is 37.2 Å². The van der Waals surface area contributed by atoms with Crippen molar-refractivity contribution in [2.24, 2.45) is 0 Å². The van der Waals surface area contributed by atoms with Gasteiger partial charge in [0, 0.05) is 31.5 Å². The Morgan fingerprint density at radius 1 is 1.32 bits per heavy atom. The molecule has 130 valence electrons. The number of aromatic nitrogens is 5. The number of anilines is 2. The van der Waals surface area contributed by atoms with Gasteiger partial charge in [0.25, 0.3) is 5.56 Å². The fraction of sp³-hybridized carbons (Fsp3) is 0.333. The van der Waals surface area contributed by atoms with Crippen molar-refractivity contribution in [3.63, 3.8) is 0 Å². The van der Waals surface area contributed by atoms with Gasteiger partial charge in [0.2, 0.25) is 5.95 Å². The van der Waals surface area contributed by atoms with Crippen LogP contribution >= 0.6 is 0 Å². The van der Waals surface area contributed by atoms with Crippen molar-refractivity contribution in [3.05, 3.63) is 45.1 Å². The first-order valence-electron chi connectivity index (χ1n) is 7.82. The van der Waals surface area contributed by atoms with Crippen molar-refractivity contribution in [1.29, 1.82) is 0 Å². The fourth-order valence-corrected chi connectivity index (χ4v) is 2.93. The van der Waals surface area contributed by atoms with Gasteiger partial charge in [-0.15, -0.1) is 0 Å². The minimum atomic E-state index is -0.594. The first kappa shape index (κ1) is 15.5. The molecular weight excluding hydrogens is 331 g/mol. The van der Waals surface area contributed by atoms with Gasteiger partial charge in [0.1, 0.15) is 17.0 Å². The third-order valence-corrected chi connectivity index (χ3v) is 4.13. The summed E-state index contributed by atoms with van der Waals surface area (Å²) in [5, 5.41) is 2.68. The Kier molecular flexibility index (Phi) is 3.80. The number of nitrogens with one attached hydrogen (secondary N) is 3. The number of fused-ring (bicyclic) bond motifs is 1. The van der Waals surface area contributed by atoms with Gasteiger partial charge in [-0.3, -0.25) is 9.36 Å². The van der Waals surface area contributed by atoms with Crippen molar-refractivity contribution in [2.45, 2.75) is 18.9 Å². The van der Waals surface area contributed by atoms with Gasteiger partial charge in [0.05, 0.1) is 6.20 Å². The van der Waals surface area contributed by atoms with E-state index in [2.05, 4.69) is 25.3 Å². The van der Waals surface area contributed by atoms with Crippen molar-refractivity contribution in [1.82, 2.24) is 24.5 Å². The summed E-state index contributed by atoms with van der Waals surface area (Å²) in [5.74, 6) is -0.493. The maximum atomic E-state index is 13.3. The zero-order valence-electron chi connectivity index (χ0n) is 13.1. The van der Waals surface area contributed by atoms with E-state index < -0.39 is 11.4 Å². The highest BCUT2D eigenvalue weighted by molar-refractivity contribution is 5.72. The molecule has 9 nitrogen and oxygen atoms in total. The van der Waals surface area contributed by atoms with Crippen LogP contribution in [0.15, 0.2) is 28.0 Å². The third kappa shape index (κ3) is 2.91. The summed E-state index contributed by atoms with van der Waals surface area (Å²) in [5.41, 5.74) is 0.144. The lowest BCUT2D eigenvalue weighted by Gasteiger charge is -2.22. The number of nitrogens with zero attached hydrogens (tertiary/aromatic N) is 3. The molecule has 1 saturated heterocycles. The second kappa shape index (κ2) is 6.13. The van der Waals surface area contributed by atoms with Crippen LogP contribution in [-0.2, 0) is 4.74 Å². The molecule has 0 bridgehead atoms. The molecular formula is C15H15FN6O3. The molecule has 4 rings (SSSR count). The Morgan fingerprint density at radius 2 is 2.12 bits per heavy atom. The number of halogens is 1. The summed E-state index contributed by atoms with van der Waals surface area (Å²) >= 11 is 0. The summed E-state index contributed by atoms with van der Waals surface area (Å²) < 4.78 is 20.2. The molecule has 0 saturated carbocycles. The lowest BCUT2D eigenvalue weighted by molar-refractivity contribution is 0.0697. The summed E-state index contributed by atoms with van der Waals surface area (Å²) in [6.45, 7) is 1.16. The minimum absolute atomic E-state index is 0.0182. The van der Waals surface area contributed by atoms with E-state index in [1.54, 1.807) is 4.57 Å². The van der Waals surface area contributed by atoms with Crippen LogP contribution in [0.1, 0.15) is 18.9 Å². The van der Waals surface area contributed by atoms with E-state index in [9.17, 15) is 14.0 Å². The number of pyridine rings is 1. The van der Waals surface area contributed by atoms with Crippen LogP contribution < -0.4 is 16.6 Å². The molecule has 4 heterocycles. The summed E-state index contributed by atoms with van der Waals surface area (Å²) in [6, 6.07) is 1.03. The van der Waals surface area contributed by atoms with Gasteiger partial charge in [-0.05, 0) is 12.8 Å². The maximum absolute atomic E-state index is 13.3. The van der Waals surface area contributed by atoms with E-state index >= 15 is 0 Å². The summed E-state index contributed by atoms with van der Waals surface area (Å²) in [7, 11) is 0. The number of hydrogen-bond acceptors (Lipinski definition) is 6. The molecule has 3 N–H and O–H groups in total. The van der Waals surface area contributed by atoms with Crippen LogP contribution in [0.5, 0.6) is 0 Å². The minimum Gasteiger partial charge on any atom is -0.381 e. The molecule has 0 radical (unpaired) electrons. The van der Waals surface area contributed by atoms with Crippen LogP contribution in [0.25, 0.3) is 11.2 Å².